The molecule has 21 heavy (non-hydrogen) atoms. The molecular formula is C16H21NO4. The fourth-order valence-corrected chi connectivity index (χ4v) is 3.05. The van der Waals surface area contributed by atoms with E-state index in [4.69, 9.17) is 14.2 Å². The van der Waals surface area contributed by atoms with Crippen molar-refractivity contribution in [3.05, 3.63) is 23.3 Å². The number of nitrogens with zero attached hydrogens (tertiary/aromatic N) is 1. The first-order valence-electron chi connectivity index (χ1n) is 7.37. The molecule has 114 valence electrons. The number of carbonyl (C=O) groups excluding carboxylic acids is 1. The third-order valence-corrected chi connectivity index (χ3v) is 4.23. The number of amides is 1. The fourth-order valence-electron chi connectivity index (χ4n) is 3.05. The highest BCUT2D eigenvalue weighted by Crippen LogP contribution is 2.33. The van der Waals surface area contributed by atoms with Gasteiger partial charge in [-0.25, -0.2) is 0 Å². The molecule has 2 aliphatic heterocycles. The van der Waals surface area contributed by atoms with E-state index in [1.54, 1.807) is 14.2 Å². The van der Waals surface area contributed by atoms with Gasteiger partial charge in [0.25, 0.3) is 5.91 Å². The molecule has 1 saturated heterocycles. The largest absolute Gasteiger partial charge is 0.493 e. The normalized spacial score (nSPS) is 21.0. The summed E-state index contributed by atoms with van der Waals surface area (Å²) >= 11 is 0. The molecule has 5 nitrogen and oxygen atoms in total. The van der Waals surface area contributed by atoms with E-state index in [-0.39, 0.29) is 12.0 Å². The van der Waals surface area contributed by atoms with Gasteiger partial charge >= 0.3 is 0 Å². The van der Waals surface area contributed by atoms with E-state index in [2.05, 4.69) is 0 Å². The SMILES string of the molecule is COc1cc2c(cc1OC)CN(C(=O)[C@H]1CCCO1)CC2. The molecule has 3 rings (SSSR count). The maximum absolute atomic E-state index is 12.4. The van der Waals surface area contributed by atoms with E-state index >= 15 is 0 Å². The first-order chi connectivity index (χ1) is 10.2. The highest BCUT2D eigenvalue weighted by atomic mass is 16.5. The lowest BCUT2D eigenvalue weighted by Crippen LogP contribution is -2.41. The lowest BCUT2D eigenvalue weighted by atomic mass is 9.98. The van der Waals surface area contributed by atoms with Crippen molar-refractivity contribution < 1.29 is 19.0 Å². The van der Waals surface area contributed by atoms with Crippen molar-refractivity contribution in [1.82, 2.24) is 4.90 Å². The second-order valence-electron chi connectivity index (χ2n) is 5.49. The Balaban J connectivity index is 1.79. The smallest absolute Gasteiger partial charge is 0.252 e. The average Bonchev–Trinajstić information content (AvgIpc) is 3.06. The number of rotatable bonds is 3. The number of hydrogen-bond donors (Lipinski definition) is 0. The van der Waals surface area contributed by atoms with Crippen LogP contribution in [-0.4, -0.2) is 44.3 Å². The zero-order valence-electron chi connectivity index (χ0n) is 12.6. The maximum atomic E-state index is 12.4. The Morgan fingerprint density at radius 3 is 2.57 bits per heavy atom. The predicted molar refractivity (Wildman–Crippen MR) is 77.6 cm³/mol. The predicted octanol–water partition coefficient (Wildman–Crippen LogP) is 1.77. The molecule has 0 saturated carbocycles. The highest BCUT2D eigenvalue weighted by Gasteiger charge is 2.30. The van der Waals surface area contributed by atoms with Gasteiger partial charge in [0.1, 0.15) is 6.10 Å². The number of methoxy groups -OCH3 is 2. The number of fused-ring (bicyclic) bond motifs is 1. The van der Waals surface area contributed by atoms with Gasteiger partial charge in [-0.2, -0.15) is 0 Å². The van der Waals surface area contributed by atoms with Crippen LogP contribution in [0, 0.1) is 0 Å². The lowest BCUT2D eigenvalue weighted by Gasteiger charge is -2.31. The lowest BCUT2D eigenvalue weighted by molar-refractivity contribution is -0.141. The topological polar surface area (TPSA) is 48.0 Å². The standard InChI is InChI=1S/C16H21NO4/c1-19-14-8-11-5-6-17(10-12(11)9-15(14)20-2)16(18)13-4-3-7-21-13/h8-9,13H,3-7,10H2,1-2H3/t13-/m1/s1. The number of ether oxygens (including phenoxy) is 3. The van der Waals surface area contributed by atoms with Crippen molar-refractivity contribution in [2.75, 3.05) is 27.4 Å². The van der Waals surface area contributed by atoms with E-state index in [1.165, 1.54) is 5.56 Å². The van der Waals surface area contributed by atoms with Crippen LogP contribution in [0.1, 0.15) is 24.0 Å². The van der Waals surface area contributed by atoms with Crippen LogP contribution in [0.4, 0.5) is 0 Å². The molecule has 1 aromatic carbocycles. The van der Waals surface area contributed by atoms with Crippen LogP contribution < -0.4 is 9.47 Å². The first kappa shape index (κ1) is 14.2. The zero-order chi connectivity index (χ0) is 14.8. The molecule has 0 radical (unpaired) electrons. The van der Waals surface area contributed by atoms with Crippen LogP contribution in [0.3, 0.4) is 0 Å². The molecule has 0 aliphatic carbocycles. The van der Waals surface area contributed by atoms with Crippen LogP contribution in [0.2, 0.25) is 0 Å². The van der Waals surface area contributed by atoms with Crippen molar-refractivity contribution in [1.29, 1.82) is 0 Å². The van der Waals surface area contributed by atoms with Gasteiger partial charge in [-0.05, 0) is 42.5 Å². The maximum Gasteiger partial charge on any atom is 0.252 e. The first-order valence-corrected chi connectivity index (χ1v) is 7.37. The average molecular weight is 291 g/mol. The Bertz CT molecular complexity index is 537. The summed E-state index contributed by atoms with van der Waals surface area (Å²) in [6.07, 6.45) is 2.42. The number of benzene rings is 1. The number of hydrogen-bond acceptors (Lipinski definition) is 4. The molecule has 1 fully saturated rings. The second-order valence-corrected chi connectivity index (χ2v) is 5.49. The molecule has 5 heteroatoms. The Labute approximate surface area is 124 Å². The summed E-state index contributed by atoms with van der Waals surface area (Å²) in [5.74, 6) is 1.57. The van der Waals surface area contributed by atoms with Gasteiger partial charge in [-0.15, -0.1) is 0 Å². The molecule has 0 bridgehead atoms. The minimum absolute atomic E-state index is 0.118. The van der Waals surface area contributed by atoms with Crippen molar-refractivity contribution >= 4 is 5.91 Å². The van der Waals surface area contributed by atoms with E-state index in [0.717, 1.165) is 37.1 Å². The summed E-state index contributed by atoms with van der Waals surface area (Å²) in [5.41, 5.74) is 2.36. The zero-order valence-corrected chi connectivity index (χ0v) is 12.6. The minimum Gasteiger partial charge on any atom is -0.493 e. The van der Waals surface area contributed by atoms with Gasteiger partial charge < -0.3 is 19.1 Å². The van der Waals surface area contributed by atoms with Crippen LogP contribution in [0.5, 0.6) is 11.5 Å². The summed E-state index contributed by atoms with van der Waals surface area (Å²) in [6.45, 7) is 2.06. The van der Waals surface area contributed by atoms with Crippen molar-refractivity contribution in [2.24, 2.45) is 0 Å². The van der Waals surface area contributed by atoms with Gasteiger partial charge in [-0.3, -0.25) is 4.79 Å². The van der Waals surface area contributed by atoms with Crippen molar-refractivity contribution in [3.63, 3.8) is 0 Å². The van der Waals surface area contributed by atoms with Gasteiger partial charge in [0.05, 0.1) is 14.2 Å². The molecule has 1 atom stereocenters. The van der Waals surface area contributed by atoms with Gasteiger partial charge in [-0.1, -0.05) is 0 Å². The Hall–Kier alpha value is -1.75. The molecule has 2 heterocycles. The van der Waals surface area contributed by atoms with Crippen LogP contribution in [-0.2, 0) is 22.5 Å². The Morgan fingerprint density at radius 2 is 1.95 bits per heavy atom. The summed E-state index contributed by atoms with van der Waals surface area (Å²) < 4.78 is 16.2. The monoisotopic (exact) mass is 291 g/mol. The van der Waals surface area contributed by atoms with Crippen LogP contribution in [0.15, 0.2) is 12.1 Å². The van der Waals surface area contributed by atoms with E-state index in [1.807, 2.05) is 17.0 Å². The molecule has 0 aromatic heterocycles. The molecule has 2 aliphatic rings. The van der Waals surface area contributed by atoms with E-state index in [0.29, 0.717) is 18.9 Å². The molecule has 0 N–H and O–H groups in total. The van der Waals surface area contributed by atoms with Gasteiger partial charge in [0.15, 0.2) is 11.5 Å². The Kier molecular flexibility index (Phi) is 4.01. The third-order valence-electron chi connectivity index (χ3n) is 4.23. The fraction of sp³-hybridized carbons (Fsp3) is 0.562. The third kappa shape index (κ3) is 2.70. The van der Waals surface area contributed by atoms with Gasteiger partial charge in [0, 0.05) is 19.7 Å². The minimum atomic E-state index is -0.244. The molecule has 1 amide bonds. The quantitative estimate of drug-likeness (QED) is 0.851. The van der Waals surface area contributed by atoms with Crippen molar-refractivity contribution in [3.8, 4) is 11.5 Å². The summed E-state index contributed by atoms with van der Waals surface area (Å²) in [4.78, 5) is 14.3. The molecule has 0 unspecified atom stereocenters. The summed E-state index contributed by atoms with van der Waals surface area (Å²) in [7, 11) is 3.27. The van der Waals surface area contributed by atoms with Crippen molar-refractivity contribution in [2.45, 2.75) is 31.9 Å². The summed E-state index contributed by atoms with van der Waals surface area (Å²) in [5, 5.41) is 0. The molecule has 1 aromatic rings. The summed E-state index contributed by atoms with van der Waals surface area (Å²) in [6, 6.07) is 3.99. The highest BCUT2D eigenvalue weighted by molar-refractivity contribution is 5.81. The van der Waals surface area contributed by atoms with Crippen LogP contribution in [0.25, 0.3) is 0 Å². The number of carbonyl (C=O) groups is 1. The van der Waals surface area contributed by atoms with E-state index < -0.39 is 0 Å². The Morgan fingerprint density at radius 1 is 1.24 bits per heavy atom. The van der Waals surface area contributed by atoms with E-state index in [9.17, 15) is 4.79 Å². The second kappa shape index (κ2) is 5.93. The van der Waals surface area contributed by atoms with Gasteiger partial charge in [0.2, 0.25) is 0 Å². The molecule has 0 spiro atoms. The molecular weight excluding hydrogens is 270 g/mol. The van der Waals surface area contributed by atoms with Crippen LogP contribution >= 0.6 is 0 Å².